The number of rotatable bonds is 5. The van der Waals surface area contributed by atoms with E-state index in [1.165, 1.54) is 0 Å². The van der Waals surface area contributed by atoms with Gasteiger partial charge in [0.2, 0.25) is 5.88 Å². The van der Waals surface area contributed by atoms with E-state index in [0.717, 1.165) is 11.3 Å². The van der Waals surface area contributed by atoms with E-state index >= 15 is 0 Å². The van der Waals surface area contributed by atoms with Gasteiger partial charge in [-0.3, -0.25) is 0 Å². The zero-order valence-corrected chi connectivity index (χ0v) is 12.3. The molecule has 0 spiro atoms. The lowest BCUT2D eigenvalue weighted by atomic mass is 10.2. The average molecular weight is 337 g/mol. The predicted octanol–water partition coefficient (Wildman–Crippen LogP) is 3.16. The van der Waals surface area contributed by atoms with Crippen LogP contribution in [0.25, 0.3) is 0 Å². The van der Waals surface area contributed by atoms with Crippen molar-refractivity contribution in [3.8, 4) is 5.88 Å². The Morgan fingerprint density at radius 2 is 2.20 bits per heavy atom. The molecule has 20 heavy (non-hydrogen) atoms. The topological polar surface area (TPSA) is 71.5 Å². The van der Waals surface area contributed by atoms with Crippen molar-refractivity contribution in [2.45, 2.75) is 6.54 Å². The van der Waals surface area contributed by atoms with Gasteiger partial charge in [0, 0.05) is 29.0 Å². The summed E-state index contributed by atoms with van der Waals surface area (Å²) in [6.07, 6.45) is 1.67. The highest BCUT2D eigenvalue weighted by atomic mass is 79.9. The van der Waals surface area contributed by atoms with Crippen LogP contribution in [0.2, 0.25) is 0 Å². The molecule has 2 aromatic rings. The molecule has 0 radical (unpaired) electrons. The van der Waals surface area contributed by atoms with E-state index in [2.05, 4.69) is 26.2 Å². The maximum Gasteiger partial charge on any atom is 0.335 e. The summed E-state index contributed by atoms with van der Waals surface area (Å²) in [5, 5.41) is 12.2. The maximum absolute atomic E-state index is 11.0. The molecule has 1 aromatic carbocycles. The molecule has 0 bridgehead atoms. The number of ether oxygens (including phenoxy) is 1. The van der Waals surface area contributed by atoms with Crippen LogP contribution in [0.4, 0.5) is 5.69 Å². The Balaban J connectivity index is 2.12. The number of hydrogen-bond acceptors (Lipinski definition) is 4. The van der Waals surface area contributed by atoms with Crippen LogP contribution in [-0.2, 0) is 6.54 Å². The molecule has 0 unspecified atom stereocenters. The van der Waals surface area contributed by atoms with Crippen LogP contribution >= 0.6 is 15.9 Å². The summed E-state index contributed by atoms with van der Waals surface area (Å²) in [7, 11) is 1.56. The number of nitrogens with zero attached hydrogens (tertiary/aromatic N) is 1. The molecule has 0 aliphatic rings. The summed E-state index contributed by atoms with van der Waals surface area (Å²) in [6.45, 7) is 0.550. The maximum atomic E-state index is 11.0. The lowest BCUT2D eigenvalue weighted by Gasteiger charge is -2.09. The van der Waals surface area contributed by atoms with Gasteiger partial charge in [0.25, 0.3) is 0 Å². The fourth-order valence-electron chi connectivity index (χ4n) is 1.69. The number of nitrogens with one attached hydrogen (secondary N) is 1. The molecule has 0 aliphatic carbocycles. The molecule has 2 rings (SSSR count). The van der Waals surface area contributed by atoms with Crippen molar-refractivity contribution in [1.29, 1.82) is 0 Å². The molecule has 0 aliphatic heterocycles. The van der Waals surface area contributed by atoms with E-state index in [1.807, 2.05) is 18.2 Å². The second-order valence-corrected chi connectivity index (χ2v) is 5.01. The average Bonchev–Trinajstić information content (AvgIpc) is 2.44. The van der Waals surface area contributed by atoms with Crippen molar-refractivity contribution in [3.63, 3.8) is 0 Å². The first-order chi connectivity index (χ1) is 9.58. The van der Waals surface area contributed by atoms with Crippen molar-refractivity contribution >= 4 is 27.6 Å². The summed E-state index contributed by atoms with van der Waals surface area (Å²) >= 11 is 3.30. The first kappa shape index (κ1) is 14.3. The summed E-state index contributed by atoms with van der Waals surface area (Å²) in [6, 6.07) is 8.66. The van der Waals surface area contributed by atoms with Crippen molar-refractivity contribution in [1.82, 2.24) is 4.98 Å². The number of aromatic carboxylic acids is 1. The molecule has 0 amide bonds. The largest absolute Gasteiger partial charge is 0.481 e. The fourth-order valence-corrected chi connectivity index (χ4v) is 2.18. The number of halogens is 1. The van der Waals surface area contributed by atoms with E-state index in [1.54, 1.807) is 25.4 Å². The summed E-state index contributed by atoms with van der Waals surface area (Å²) < 4.78 is 5.77. The molecule has 1 heterocycles. The van der Waals surface area contributed by atoms with Gasteiger partial charge in [0.1, 0.15) is 0 Å². The Hall–Kier alpha value is -2.08. The summed E-state index contributed by atoms with van der Waals surface area (Å²) in [5.41, 5.74) is 1.95. The number of benzene rings is 1. The highest BCUT2D eigenvalue weighted by Crippen LogP contribution is 2.20. The van der Waals surface area contributed by atoms with Gasteiger partial charge >= 0.3 is 5.97 Å². The molecule has 0 atom stereocenters. The number of methoxy groups -OCH3 is 1. The number of carboxylic acids is 1. The molecule has 1 aromatic heterocycles. The second kappa shape index (κ2) is 6.38. The van der Waals surface area contributed by atoms with Crippen LogP contribution in [0.5, 0.6) is 5.88 Å². The number of carbonyl (C=O) groups is 1. The van der Waals surface area contributed by atoms with Gasteiger partial charge in [-0.05, 0) is 29.8 Å². The quantitative estimate of drug-likeness (QED) is 0.877. The monoisotopic (exact) mass is 336 g/mol. The number of aromatic nitrogens is 1. The van der Waals surface area contributed by atoms with Crippen molar-refractivity contribution in [2.75, 3.05) is 12.4 Å². The summed E-state index contributed by atoms with van der Waals surface area (Å²) in [5.74, 6) is -0.412. The van der Waals surface area contributed by atoms with E-state index < -0.39 is 5.97 Å². The molecular formula is C14H13BrN2O3. The van der Waals surface area contributed by atoms with Crippen LogP contribution in [-0.4, -0.2) is 23.2 Å². The van der Waals surface area contributed by atoms with Crippen molar-refractivity contribution < 1.29 is 14.6 Å². The van der Waals surface area contributed by atoms with Gasteiger partial charge in [0.05, 0.1) is 12.7 Å². The van der Waals surface area contributed by atoms with E-state index in [4.69, 9.17) is 9.84 Å². The minimum Gasteiger partial charge on any atom is -0.481 e. The van der Waals surface area contributed by atoms with Crippen LogP contribution < -0.4 is 10.1 Å². The molecule has 5 nitrogen and oxygen atoms in total. The third-order valence-electron chi connectivity index (χ3n) is 2.65. The Kier molecular flexibility index (Phi) is 4.57. The zero-order chi connectivity index (χ0) is 14.5. The lowest BCUT2D eigenvalue weighted by Crippen LogP contribution is -2.03. The Bertz CT molecular complexity index is 632. The molecule has 6 heteroatoms. The molecule has 0 saturated carbocycles. The second-order valence-electron chi connectivity index (χ2n) is 4.09. The van der Waals surface area contributed by atoms with Crippen molar-refractivity contribution in [3.05, 3.63) is 52.1 Å². The van der Waals surface area contributed by atoms with Gasteiger partial charge in [-0.1, -0.05) is 15.9 Å². The van der Waals surface area contributed by atoms with Crippen LogP contribution in [0.3, 0.4) is 0 Å². The molecule has 104 valence electrons. The normalized spacial score (nSPS) is 10.1. The zero-order valence-electron chi connectivity index (χ0n) is 10.8. The van der Waals surface area contributed by atoms with Crippen molar-refractivity contribution in [2.24, 2.45) is 0 Å². The number of hydrogen-bond donors (Lipinski definition) is 2. The minimum atomic E-state index is -0.958. The van der Waals surface area contributed by atoms with Gasteiger partial charge in [-0.2, -0.15) is 0 Å². The Labute approximate surface area is 124 Å². The van der Waals surface area contributed by atoms with Gasteiger partial charge < -0.3 is 15.2 Å². The third-order valence-corrected chi connectivity index (χ3v) is 3.11. The summed E-state index contributed by atoms with van der Waals surface area (Å²) in [4.78, 5) is 15.0. The van der Waals surface area contributed by atoms with Crippen LogP contribution in [0.15, 0.2) is 41.0 Å². The number of anilines is 1. The van der Waals surface area contributed by atoms with E-state index in [0.29, 0.717) is 16.9 Å². The Morgan fingerprint density at radius 1 is 1.40 bits per heavy atom. The fraction of sp³-hybridized carbons (Fsp3) is 0.143. The number of pyridine rings is 1. The third kappa shape index (κ3) is 3.71. The van der Waals surface area contributed by atoms with E-state index in [-0.39, 0.29) is 5.56 Å². The van der Waals surface area contributed by atoms with Gasteiger partial charge in [-0.25, -0.2) is 9.78 Å². The SMILES string of the molecule is COc1cc(CNc2cc(Br)cc(C(=O)O)c2)ccn1. The van der Waals surface area contributed by atoms with E-state index in [9.17, 15) is 4.79 Å². The molecule has 2 N–H and O–H groups in total. The highest BCUT2D eigenvalue weighted by Gasteiger charge is 2.06. The molecule has 0 fully saturated rings. The van der Waals surface area contributed by atoms with Crippen LogP contribution in [0, 0.1) is 0 Å². The smallest absolute Gasteiger partial charge is 0.335 e. The molecule has 0 saturated heterocycles. The van der Waals surface area contributed by atoms with Gasteiger partial charge in [-0.15, -0.1) is 0 Å². The number of carboxylic acid groups (broad SMARTS) is 1. The Morgan fingerprint density at radius 3 is 2.90 bits per heavy atom. The van der Waals surface area contributed by atoms with Crippen LogP contribution in [0.1, 0.15) is 15.9 Å². The minimum absolute atomic E-state index is 0.231. The van der Waals surface area contributed by atoms with Gasteiger partial charge in [0.15, 0.2) is 0 Å². The standard InChI is InChI=1S/C14H13BrN2O3/c1-20-13-4-9(2-3-16-13)8-17-12-6-10(14(18)19)5-11(15)7-12/h2-7,17H,8H2,1H3,(H,18,19). The predicted molar refractivity (Wildman–Crippen MR) is 79.2 cm³/mol. The highest BCUT2D eigenvalue weighted by molar-refractivity contribution is 9.10. The molecular weight excluding hydrogens is 324 g/mol. The first-order valence-electron chi connectivity index (χ1n) is 5.85. The lowest BCUT2D eigenvalue weighted by molar-refractivity contribution is 0.0697. The first-order valence-corrected chi connectivity index (χ1v) is 6.64.